The number of fused-ring (bicyclic) bond motifs is 1. The number of esters is 1. The van der Waals surface area contributed by atoms with Crippen LogP contribution >= 0.6 is 0 Å². The molecule has 0 aliphatic carbocycles. The highest BCUT2D eigenvalue weighted by atomic mass is 16.5. The number of carbonyl (C=O) groups is 4. The number of carbonyl (C=O) groups excluding carboxylic acids is 4. The Kier molecular flexibility index (Phi) is 6.95. The first-order chi connectivity index (χ1) is 16.4. The fourth-order valence-corrected chi connectivity index (χ4v) is 4.40. The Morgan fingerprint density at radius 3 is 2.15 bits per heavy atom. The SMILES string of the molecule is COc1ccc(CN2C(=O)c3ccccc3C2=O)cc1C(=O)OC(C)C(=O)N1CCCCCC1. The zero-order chi connectivity index (χ0) is 24.2. The van der Waals surface area contributed by atoms with Gasteiger partial charge in [0.25, 0.3) is 17.7 Å². The summed E-state index contributed by atoms with van der Waals surface area (Å²) in [5.41, 5.74) is 1.42. The number of methoxy groups -OCH3 is 1. The Morgan fingerprint density at radius 1 is 0.941 bits per heavy atom. The van der Waals surface area contributed by atoms with Gasteiger partial charge in [-0.15, -0.1) is 0 Å². The number of hydrogen-bond acceptors (Lipinski definition) is 6. The first-order valence-corrected chi connectivity index (χ1v) is 11.5. The Hall–Kier alpha value is -3.68. The molecule has 1 unspecified atom stereocenters. The summed E-state index contributed by atoms with van der Waals surface area (Å²) in [7, 11) is 1.43. The summed E-state index contributed by atoms with van der Waals surface area (Å²) in [6, 6.07) is 11.5. The number of imide groups is 1. The lowest BCUT2D eigenvalue weighted by atomic mass is 10.1. The Balaban J connectivity index is 1.49. The van der Waals surface area contributed by atoms with Crippen LogP contribution in [0.1, 0.15) is 69.2 Å². The number of nitrogens with zero attached hydrogens (tertiary/aromatic N) is 2. The number of benzene rings is 2. The maximum absolute atomic E-state index is 13.0. The zero-order valence-electron chi connectivity index (χ0n) is 19.4. The molecule has 2 aromatic rings. The molecular weight excluding hydrogens is 436 g/mol. The summed E-state index contributed by atoms with van der Waals surface area (Å²) < 4.78 is 10.8. The molecular formula is C26H28N2O6. The third-order valence-corrected chi connectivity index (χ3v) is 6.25. The van der Waals surface area contributed by atoms with Gasteiger partial charge in [0.1, 0.15) is 11.3 Å². The third kappa shape index (κ3) is 4.66. The van der Waals surface area contributed by atoms with E-state index in [2.05, 4.69) is 0 Å². The molecule has 3 amide bonds. The molecule has 4 rings (SSSR count). The quantitative estimate of drug-likeness (QED) is 0.480. The monoisotopic (exact) mass is 464 g/mol. The van der Waals surface area contributed by atoms with E-state index >= 15 is 0 Å². The van der Waals surface area contributed by atoms with Gasteiger partial charge in [-0.2, -0.15) is 0 Å². The van der Waals surface area contributed by atoms with Gasteiger partial charge >= 0.3 is 5.97 Å². The van der Waals surface area contributed by atoms with Crippen molar-refractivity contribution in [1.29, 1.82) is 0 Å². The van der Waals surface area contributed by atoms with Gasteiger partial charge in [-0.25, -0.2) is 4.79 Å². The molecule has 2 aromatic carbocycles. The Bertz CT molecular complexity index is 1090. The topological polar surface area (TPSA) is 93.2 Å². The van der Waals surface area contributed by atoms with Crippen molar-refractivity contribution in [2.75, 3.05) is 20.2 Å². The van der Waals surface area contributed by atoms with Crippen molar-refractivity contribution in [1.82, 2.24) is 9.80 Å². The second kappa shape index (κ2) is 10.1. The van der Waals surface area contributed by atoms with Crippen LogP contribution in [-0.4, -0.2) is 59.8 Å². The normalized spacial score (nSPS) is 16.6. The molecule has 1 saturated heterocycles. The standard InChI is InChI=1S/C26H28N2O6/c1-17(23(29)27-13-7-3-4-8-14-27)34-26(32)21-15-18(11-12-22(21)33-2)16-28-24(30)19-9-5-6-10-20(19)25(28)31/h5-6,9-12,15,17H,3-4,7-8,13-14,16H2,1-2H3. The minimum Gasteiger partial charge on any atom is -0.496 e. The number of hydrogen-bond donors (Lipinski definition) is 0. The van der Waals surface area contributed by atoms with Gasteiger partial charge in [-0.1, -0.05) is 31.0 Å². The summed E-state index contributed by atoms with van der Waals surface area (Å²) in [5, 5.41) is 0. The van der Waals surface area contributed by atoms with E-state index in [4.69, 9.17) is 9.47 Å². The van der Waals surface area contributed by atoms with Gasteiger partial charge in [0.2, 0.25) is 0 Å². The second-order valence-electron chi connectivity index (χ2n) is 8.56. The van der Waals surface area contributed by atoms with Gasteiger partial charge in [0, 0.05) is 13.1 Å². The summed E-state index contributed by atoms with van der Waals surface area (Å²) in [4.78, 5) is 54.0. The Morgan fingerprint density at radius 2 is 1.56 bits per heavy atom. The highest BCUT2D eigenvalue weighted by molar-refractivity contribution is 6.21. The van der Waals surface area contributed by atoms with E-state index in [0.717, 1.165) is 30.6 Å². The number of likely N-dealkylation sites (tertiary alicyclic amines) is 1. The molecule has 1 fully saturated rings. The van der Waals surface area contributed by atoms with Gasteiger partial charge in [-0.05, 0) is 49.6 Å². The average molecular weight is 465 g/mol. The molecule has 0 spiro atoms. The van der Waals surface area contributed by atoms with Crippen LogP contribution < -0.4 is 4.74 Å². The smallest absolute Gasteiger partial charge is 0.342 e. The lowest BCUT2D eigenvalue weighted by Gasteiger charge is -2.24. The maximum atomic E-state index is 13.0. The third-order valence-electron chi connectivity index (χ3n) is 6.25. The van der Waals surface area contributed by atoms with Crippen molar-refractivity contribution in [3.05, 3.63) is 64.7 Å². The molecule has 0 bridgehead atoms. The van der Waals surface area contributed by atoms with E-state index in [0.29, 0.717) is 29.8 Å². The second-order valence-corrected chi connectivity index (χ2v) is 8.56. The van der Waals surface area contributed by atoms with Crippen molar-refractivity contribution < 1.29 is 28.7 Å². The molecule has 0 radical (unpaired) electrons. The highest BCUT2D eigenvalue weighted by Crippen LogP contribution is 2.27. The molecule has 2 aliphatic heterocycles. The molecule has 8 heteroatoms. The fourth-order valence-electron chi connectivity index (χ4n) is 4.40. The van der Waals surface area contributed by atoms with E-state index in [-0.39, 0.29) is 35.6 Å². The van der Waals surface area contributed by atoms with Gasteiger partial charge in [0.05, 0.1) is 24.8 Å². The molecule has 34 heavy (non-hydrogen) atoms. The lowest BCUT2D eigenvalue weighted by Crippen LogP contribution is -2.40. The average Bonchev–Trinajstić information content (AvgIpc) is 3.03. The van der Waals surface area contributed by atoms with Crippen LogP contribution in [0.2, 0.25) is 0 Å². The van der Waals surface area contributed by atoms with Crippen LogP contribution in [0.25, 0.3) is 0 Å². The predicted molar refractivity (Wildman–Crippen MR) is 124 cm³/mol. The summed E-state index contributed by atoms with van der Waals surface area (Å²) in [5.74, 6) is -1.38. The van der Waals surface area contributed by atoms with Crippen molar-refractivity contribution in [2.45, 2.75) is 45.3 Å². The lowest BCUT2D eigenvalue weighted by molar-refractivity contribution is -0.139. The minimum atomic E-state index is -0.935. The van der Waals surface area contributed by atoms with Crippen LogP contribution in [0.15, 0.2) is 42.5 Å². The first kappa shape index (κ1) is 23.5. The van der Waals surface area contributed by atoms with Crippen LogP contribution in [-0.2, 0) is 16.1 Å². The van der Waals surface area contributed by atoms with Crippen LogP contribution in [0, 0.1) is 0 Å². The van der Waals surface area contributed by atoms with E-state index in [9.17, 15) is 19.2 Å². The van der Waals surface area contributed by atoms with Crippen molar-refractivity contribution in [3.63, 3.8) is 0 Å². The van der Waals surface area contributed by atoms with E-state index in [1.54, 1.807) is 48.2 Å². The van der Waals surface area contributed by atoms with Crippen LogP contribution in [0.4, 0.5) is 0 Å². The zero-order valence-corrected chi connectivity index (χ0v) is 19.4. The number of amides is 3. The van der Waals surface area contributed by atoms with Gasteiger partial charge in [0.15, 0.2) is 6.10 Å². The number of rotatable bonds is 6. The van der Waals surface area contributed by atoms with Crippen LogP contribution in [0.5, 0.6) is 5.75 Å². The van der Waals surface area contributed by atoms with Crippen LogP contribution in [0.3, 0.4) is 0 Å². The molecule has 178 valence electrons. The largest absolute Gasteiger partial charge is 0.496 e. The molecule has 8 nitrogen and oxygen atoms in total. The molecule has 1 atom stereocenters. The molecule has 2 heterocycles. The first-order valence-electron chi connectivity index (χ1n) is 11.5. The number of ether oxygens (including phenoxy) is 2. The summed E-state index contributed by atoms with van der Waals surface area (Å²) in [6.45, 7) is 2.90. The Labute approximate surface area is 198 Å². The van der Waals surface area contributed by atoms with Crippen molar-refractivity contribution in [3.8, 4) is 5.75 Å². The van der Waals surface area contributed by atoms with E-state index in [1.807, 2.05) is 0 Å². The van der Waals surface area contributed by atoms with Gasteiger partial charge in [-0.3, -0.25) is 19.3 Å². The highest BCUT2D eigenvalue weighted by Gasteiger charge is 2.35. The minimum absolute atomic E-state index is 0.00111. The van der Waals surface area contributed by atoms with E-state index in [1.165, 1.54) is 13.2 Å². The molecule has 0 aromatic heterocycles. The molecule has 0 N–H and O–H groups in total. The summed E-state index contributed by atoms with van der Waals surface area (Å²) >= 11 is 0. The fraction of sp³-hybridized carbons (Fsp3) is 0.385. The predicted octanol–water partition coefficient (Wildman–Crippen LogP) is 3.44. The van der Waals surface area contributed by atoms with Gasteiger partial charge < -0.3 is 14.4 Å². The van der Waals surface area contributed by atoms with Crippen molar-refractivity contribution in [2.24, 2.45) is 0 Å². The molecule has 0 saturated carbocycles. The molecule has 2 aliphatic rings. The van der Waals surface area contributed by atoms with Crippen molar-refractivity contribution >= 4 is 23.7 Å². The van der Waals surface area contributed by atoms with E-state index < -0.39 is 12.1 Å². The summed E-state index contributed by atoms with van der Waals surface area (Å²) in [6.07, 6.45) is 3.14. The maximum Gasteiger partial charge on any atom is 0.342 e.